The first-order valence-electron chi connectivity index (χ1n) is 5.51. The highest BCUT2D eigenvalue weighted by atomic mass is 16.3. The molecular formula is C10H19N5O. The maximum Gasteiger partial charge on any atom is 0.114 e. The summed E-state index contributed by atoms with van der Waals surface area (Å²) in [6.45, 7) is 2.88. The van der Waals surface area contributed by atoms with Gasteiger partial charge in [-0.25, -0.2) is 4.68 Å². The molecule has 6 heteroatoms. The van der Waals surface area contributed by atoms with Crippen molar-refractivity contribution >= 4 is 0 Å². The summed E-state index contributed by atoms with van der Waals surface area (Å²) in [6.07, 6.45) is 1.10. The first-order valence-corrected chi connectivity index (χ1v) is 5.51. The Bertz CT molecular complexity index is 353. The van der Waals surface area contributed by atoms with Crippen molar-refractivity contribution in [3.05, 3.63) is 11.9 Å². The summed E-state index contributed by atoms with van der Waals surface area (Å²) in [6, 6.07) is 0.107. The molecule has 16 heavy (non-hydrogen) atoms. The normalized spacial score (nSPS) is 25.9. The van der Waals surface area contributed by atoms with Gasteiger partial charge in [0.15, 0.2) is 0 Å². The van der Waals surface area contributed by atoms with Crippen molar-refractivity contribution in [2.24, 2.45) is 7.05 Å². The van der Waals surface area contributed by atoms with Crippen molar-refractivity contribution in [3.63, 3.8) is 0 Å². The Morgan fingerprint density at radius 2 is 2.12 bits per heavy atom. The third-order valence-corrected chi connectivity index (χ3v) is 3.32. The molecule has 1 aromatic rings. The van der Waals surface area contributed by atoms with Gasteiger partial charge in [0.2, 0.25) is 0 Å². The monoisotopic (exact) mass is 225 g/mol. The summed E-state index contributed by atoms with van der Waals surface area (Å²) < 4.78 is 1.63. The lowest BCUT2D eigenvalue weighted by atomic mass is 10.0. The Balaban J connectivity index is 2.14. The first-order chi connectivity index (χ1) is 7.59. The van der Waals surface area contributed by atoms with Crippen LogP contribution in [-0.4, -0.2) is 69.7 Å². The number of hydrogen-bond acceptors (Lipinski definition) is 5. The average molecular weight is 225 g/mol. The molecule has 2 unspecified atom stereocenters. The molecule has 90 valence electrons. The van der Waals surface area contributed by atoms with E-state index in [1.54, 1.807) is 17.9 Å². The lowest BCUT2D eigenvalue weighted by Crippen LogP contribution is -2.52. The Hall–Kier alpha value is -0.980. The number of likely N-dealkylation sites (N-methyl/N-ethyl adjacent to an activating group) is 2. The number of nitrogens with zero attached hydrogens (tertiary/aromatic N) is 5. The van der Waals surface area contributed by atoms with Gasteiger partial charge in [0.05, 0.1) is 17.9 Å². The molecular weight excluding hydrogens is 206 g/mol. The highest BCUT2D eigenvalue weighted by molar-refractivity contribution is 5.04. The van der Waals surface area contributed by atoms with Crippen LogP contribution in [0, 0.1) is 0 Å². The highest BCUT2D eigenvalue weighted by Crippen LogP contribution is 2.21. The molecule has 0 radical (unpaired) electrons. The summed E-state index contributed by atoms with van der Waals surface area (Å²) in [5.74, 6) is 0. The number of hydrogen-bond donors (Lipinski definition) is 1. The minimum absolute atomic E-state index is 0.107. The van der Waals surface area contributed by atoms with Gasteiger partial charge in [-0.1, -0.05) is 5.21 Å². The number of aromatic nitrogens is 3. The van der Waals surface area contributed by atoms with Crippen LogP contribution >= 0.6 is 0 Å². The Morgan fingerprint density at radius 3 is 2.75 bits per heavy atom. The SMILES string of the molecule is CN1CCN(C)C(C(O)c2cnnn2C)C1. The molecule has 6 nitrogen and oxygen atoms in total. The first kappa shape index (κ1) is 11.5. The van der Waals surface area contributed by atoms with Gasteiger partial charge < -0.3 is 10.0 Å². The Labute approximate surface area is 95.5 Å². The summed E-state index contributed by atoms with van der Waals surface area (Å²) >= 11 is 0. The van der Waals surface area contributed by atoms with E-state index >= 15 is 0 Å². The molecule has 1 fully saturated rings. The second kappa shape index (κ2) is 4.48. The maximum absolute atomic E-state index is 10.3. The number of aryl methyl sites for hydroxylation is 1. The second-order valence-electron chi connectivity index (χ2n) is 4.54. The third kappa shape index (κ3) is 2.09. The molecule has 0 saturated carbocycles. The standard InChI is InChI=1S/C10H19N5O/c1-13-4-5-14(2)9(7-13)10(16)8-6-11-12-15(8)3/h6,9-10,16H,4-5,7H2,1-3H3. The predicted molar refractivity (Wildman–Crippen MR) is 59.9 cm³/mol. The Kier molecular flexibility index (Phi) is 3.22. The van der Waals surface area contributed by atoms with E-state index in [0.29, 0.717) is 0 Å². The van der Waals surface area contributed by atoms with Crippen LogP contribution in [-0.2, 0) is 7.05 Å². The van der Waals surface area contributed by atoms with Crippen LogP contribution in [0.15, 0.2) is 6.20 Å². The van der Waals surface area contributed by atoms with Gasteiger partial charge in [-0.3, -0.25) is 4.90 Å². The summed E-state index contributed by atoms with van der Waals surface area (Å²) in [5, 5.41) is 18.0. The lowest BCUT2D eigenvalue weighted by molar-refractivity contribution is 0.00996. The Morgan fingerprint density at radius 1 is 1.38 bits per heavy atom. The van der Waals surface area contributed by atoms with Crippen LogP contribution in [0.2, 0.25) is 0 Å². The van der Waals surface area contributed by atoms with E-state index < -0.39 is 6.10 Å². The van der Waals surface area contributed by atoms with Gasteiger partial charge in [0, 0.05) is 26.7 Å². The van der Waals surface area contributed by atoms with Gasteiger partial charge in [0.1, 0.15) is 6.10 Å². The molecule has 2 heterocycles. The summed E-state index contributed by atoms with van der Waals surface area (Å²) in [7, 11) is 5.93. The number of piperazine rings is 1. The van der Waals surface area contributed by atoms with E-state index in [1.807, 2.05) is 7.05 Å². The topological polar surface area (TPSA) is 57.4 Å². The van der Waals surface area contributed by atoms with Gasteiger partial charge in [0.25, 0.3) is 0 Å². The largest absolute Gasteiger partial charge is 0.385 e. The van der Waals surface area contributed by atoms with Crippen LogP contribution in [0.25, 0.3) is 0 Å². The van der Waals surface area contributed by atoms with E-state index in [0.717, 1.165) is 25.3 Å². The van der Waals surface area contributed by atoms with Gasteiger partial charge in [-0.15, -0.1) is 5.10 Å². The van der Waals surface area contributed by atoms with Crippen molar-refractivity contribution in [1.82, 2.24) is 24.8 Å². The lowest BCUT2D eigenvalue weighted by Gasteiger charge is -2.39. The van der Waals surface area contributed by atoms with Crippen molar-refractivity contribution in [2.75, 3.05) is 33.7 Å². The molecule has 1 aliphatic heterocycles. The van der Waals surface area contributed by atoms with E-state index in [4.69, 9.17) is 0 Å². The van der Waals surface area contributed by atoms with Crippen LogP contribution in [0.5, 0.6) is 0 Å². The fourth-order valence-electron chi connectivity index (χ4n) is 2.15. The van der Waals surface area contributed by atoms with Crippen molar-refractivity contribution in [3.8, 4) is 0 Å². The summed E-state index contributed by atoms with van der Waals surface area (Å²) in [5.41, 5.74) is 0.771. The van der Waals surface area contributed by atoms with E-state index in [1.165, 1.54) is 0 Å². The number of aliphatic hydroxyl groups excluding tert-OH is 1. The van der Waals surface area contributed by atoms with Gasteiger partial charge in [-0.05, 0) is 14.1 Å². The van der Waals surface area contributed by atoms with Gasteiger partial charge in [-0.2, -0.15) is 0 Å². The van der Waals surface area contributed by atoms with Crippen molar-refractivity contribution in [2.45, 2.75) is 12.1 Å². The number of rotatable bonds is 2. The van der Waals surface area contributed by atoms with E-state index in [-0.39, 0.29) is 6.04 Å². The smallest absolute Gasteiger partial charge is 0.114 e. The van der Waals surface area contributed by atoms with E-state index in [2.05, 4.69) is 27.2 Å². The molecule has 0 aromatic carbocycles. The van der Waals surface area contributed by atoms with Crippen molar-refractivity contribution < 1.29 is 5.11 Å². The molecule has 1 aromatic heterocycles. The van der Waals surface area contributed by atoms with Crippen molar-refractivity contribution in [1.29, 1.82) is 0 Å². The minimum atomic E-state index is -0.534. The molecule has 0 spiro atoms. The predicted octanol–water partition coefficient (Wildman–Crippen LogP) is -0.906. The molecule has 1 aliphatic rings. The van der Waals surface area contributed by atoms with Crippen LogP contribution < -0.4 is 0 Å². The average Bonchev–Trinajstić information content (AvgIpc) is 2.67. The summed E-state index contributed by atoms with van der Waals surface area (Å²) in [4.78, 5) is 4.43. The quantitative estimate of drug-likeness (QED) is 0.706. The maximum atomic E-state index is 10.3. The molecule has 0 amide bonds. The van der Waals surface area contributed by atoms with Gasteiger partial charge >= 0.3 is 0 Å². The van der Waals surface area contributed by atoms with Crippen LogP contribution in [0.1, 0.15) is 11.8 Å². The molecule has 2 atom stereocenters. The fourth-order valence-corrected chi connectivity index (χ4v) is 2.15. The zero-order valence-corrected chi connectivity index (χ0v) is 10.0. The molecule has 2 rings (SSSR count). The third-order valence-electron chi connectivity index (χ3n) is 3.32. The zero-order chi connectivity index (χ0) is 11.7. The number of aliphatic hydroxyl groups is 1. The second-order valence-corrected chi connectivity index (χ2v) is 4.54. The zero-order valence-electron chi connectivity index (χ0n) is 10.0. The minimum Gasteiger partial charge on any atom is -0.385 e. The van der Waals surface area contributed by atoms with Crippen LogP contribution in [0.3, 0.4) is 0 Å². The molecule has 0 aliphatic carbocycles. The van der Waals surface area contributed by atoms with E-state index in [9.17, 15) is 5.11 Å². The fraction of sp³-hybridized carbons (Fsp3) is 0.800. The van der Waals surface area contributed by atoms with Crippen LogP contribution in [0.4, 0.5) is 0 Å². The molecule has 0 bridgehead atoms. The highest BCUT2D eigenvalue weighted by Gasteiger charge is 2.31. The molecule has 1 saturated heterocycles. The molecule has 1 N–H and O–H groups in total.